The Morgan fingerprint density at radius 3 is 2.41 bits per heavy atom. The molecule has 0 aromatic heterocycles. The maximum absolute atomic E-state index is 13.6. The van der Waals surface area contributed by atoms with Crippen molar-refractivity contribution >= 4 is 11.8 Å². The first-order valence-electron chi connectivity index (χ1n) is 10.6. The molecule has 2 aromatic rings. The van der Waals surface area contributed by atoms with Crippen molar-refractivity contribution in [3.8, 4) is 11.5 Å². The average Bonchev–Trinajstić information content (AvgIpc) is 2.82. The van der Waals surface area contributed by atoms with Gasteiger partial charge in [0.25, 0.3) is 0 Å². The summed E-state index contributed by atoms with van der Waals surface area (Å²) in [4.78, 5) is 26.4. The van der Waals surface area contributed by atoms with Gasteiger partial charge in [-0.05, 0) is 43.0 Å². The van der Waals surface area contributed by atoms with Crippen LogP contribution in [0.25, 0.3) is 0 Å². The van der Waals surface area contributed by atoms with E-state index in [4.69, 9.17) is 14.2 Å². The zero-order valence-corrected chi connectivity index (χ0v) is 18.7. The summed E-state index contributed by atoms with van der Waals surface area (Å²) in [5.41, 5.74) is 4.35. The van der Waals surface area contributed by atoms with Crippen molar-refractivity contribution in [1.29, 1.82) is 0 Å². The van der Waals surface area contributed by atoms with Crippen LogP contribution in [0.4, 0.5) is 0 Å². The van der Waals surface area contributed by atoms with E-state index in [-0.39, 0.29) is 11.7 Å². The molecule has 166 valence electrons. The van der Waals surface area contributed by atoms with Crippen molar-refractivity contribution in [1.82, 2.24) is 5.32 Å². The summed E-state index contributed by atoms with van der Waals surface area (Å²) < 4.78 is 16.1. The van der Waals surface area contributed by atoms with E-state index >= 15 is 0 Å². The summed E-state index contributed by atoms with van der Waals surface area (Å²) in [5.74, 6) is 0.208. The third-order valence-corrected chi connectivity index (χ3v) is 6.25. The molecule has 2 aromatic carbocycles. The summed E-state index contributed by atoms with van der Waals surface area (Å²) in [6.45, 7) is 1.84. The van der Waals surface area contributed by atoms with Crippen LogP contribution in [0.15, 0.2) is 71.1 Å². The Hall–Kier alpha value is -3.54. The van der Waals surface area contributed by atoms with Gasteiger partial charge in [0.15, 0.2) is 5.78 Å². The lowest BCUT2D eigenvalue weighted by molar-refractivity contribution is -0.136. The van der Waals surface area contributed by atoms with Gasteiger partial charge in [0.05, 0.1) is 32.8 Å². The van der Waals surface area contributed by atoms with Gasteiger partial charge in [0.2, 0.25) is 0 Å². The van der Waals surface area contributed by atoms with E-state index in [9.17, 15) is 9.59 Å². The van der Waals surface area contributed by atoms with Crippen LogP contribution in [0.5, 0.6) is 11.5 Å². The van der Waals surface area contributed by atoms with E-state index in [0.29, 0.717) is 46.7 Å². The number of carbonyl (C=O) groups excluding carboxylic acids is 2. The molecule has 0 fully saturated rings. The van der Waals surface area contributed by atoms with Gasteiger partial charge < -0.3 is 19.5 Å². The van der Waals surface area contributed by atoms with E-state index in [1.807, 2.05) is 31.2 Å². The standard InChI is InChI=1S/C26H27NO5/c1-15-23(26(29)32-4)24(19-14-18(30-2)10-11-22(19)31-3)25-20(27-15)12-17(13-21(25)28)16-8-6-5-7-9-16/h5-11,14,17,24,27H,12-13H2,1-4H3/t17-,24+/m1/s1. The summed E-state index contributed by atoms with van der Waals surface area (Å²) in [5, 5.41) is 3.35. The molecule has 0 radical (unpaired) electrons. The second-order valence-electron chi connectivity index (χ2n) is 8.03. The van der Waals surface area contributed by atoms with Crippen molar-refractivity contribution in [2.75, 3.05) is 21.3 Å². The number of Topliss-reactive ketones (excluding diaryl/α,β-unsaturated/α-hetero) is 1. The number of methoxy groups -OCH3 is 3. The maximum atomic E-state index is 13.6. The lowest BCUT2D eigenvalue weighted by atomic mass is 9.71. The molecule has 4 rings (SSSR count). The van der Waals surface area contributed by atoms with Crippen LogP contribution < -0.4 is 14.8 Å². The monoisotopic (exact) mass is 433 g/mol. The first-order chi connectivity index (χ1) is 15.5. The number of allylic oxidation sites excluding steroid dienone is 3. The molecule has 0 saturated carbocycles. The minimum atomic E-state index is -0.604. The molecule has 32 heavy (non-hydrogen) atoms. The molecule has 1 N–H and O–H groups in total. The second kappa shape index (κ2) is 8.91. The molecule has 1 aliphatic heterocycles. The van der Waals surface area contributed by atoms with Crippen LogP contribution in [0.2, 0.25) is 0 Å². The summed E-state index contributed by atoms with van der Waals surface area (Å²) in [6.07, 6.45) is 1.06. The van der Waals surface area contributed by atoms with Gasteiger partial charge in [-0.1, -0.05) is 30.3 Å². The number of rotatable bonds is 5. The largest absolute Gasteiger partial charge is 0.497 e. The van der Waals surface area contributed by atoms with Gasteiger partial charge in [0.1, 0.15) is 11.5 Å². The average molecular weight is 434 g/mol. The first-order valence-corrected chi connectivity index (χ1v) is 10.6. The number of hydrogen-bond donors (Lipinski definition) is 1. The van der Waals surface area contributed by atoms with Gasteiger partial charge in [-0.15, -0.1) is 0 Å². The number of ketones is 1. The Labute approximate surface area is 187 Å². The number of ether oxygens (including phenoxy) is 3. The predicted octanol–water partition coefficient (Wildman–Crippen LogP) is 4.24. The van der Waals surface area contributed by atoms with Crippen molar-refractivity contribution in [2.24, 2.45) is 0 Å². The molecule has 2 atom stereocenters. The van der Waals surface area contributed by atoms with Crippen molar-refractivity contribution < 1.29 is 23.8 Å². The Kier molecular flexibility index (Phi) is 6.04. The molecule has 1 heterocycles. The maximum Gasteiger partial charge on any atom is 0.336 e. The molecular formula is C26H27NO5. The van der Waals surface area contributed by atoms with Gasteiger partial charge >= 0.3 is 5.97 Å². The minimum absolute atomic E-state index is 0.0105. The Bertz CT molecular complexity index is 1120. The predicted molar refractivity (Wildman–Crippen MR) is 121 cm³/mol. The van der Waals surface area contributed by atoms with Gasteiger partial charge in [0, 0.05) is 29.0 Å². The number of benzene rings is 2. The Morgan fingerprint density at radius 1 is 1.00 bits per heavy atom. The highest BCUT2D eigenvalue weighted by Crippen LogP contribution is 2.48. The highest BCUT2D eigenvalue weighted by molar-refractivity contribution is 6.04. The number of hydrogen-bond acceptors (Lipinski definition) is 6. The molecule has 0 spiro atoms. The van der Waals surface area contributed by atoms with Crippen LogP contribution >= 0.6 is 0 Å². The third kappa shape index (κ3) is 3.77. The quantitative estimate of drug-likeness (QED) is 0.711. The molecule has 6 heteroatoms. The topological polar surface area (TPSA) is 73.9 Å². The van der Waals surface area contributed by atoms with Crippen LogP contribution in [0, 0.1) is 0 Å². The van der Waals surface area contributed by atoms with Gasteiger partial charge in [-0.2, -0.15) is 0 Å². The van der Waals surface area contributed by atoms with E-state index in [1.54, 1.807) is 26.4 Å². The lowest BCUT2D eigenvalue weighted by Gasteiger charge is -2.37. The molecule has 0 bridgehead atoms. The van der Waals surface area contributed by atoms with Crippen LogP contribution in [-0.2, 0) is 14.3 Å². The normalized spacial score (nSPS) is 20.4. The van der Waals surface area contributed by atoms with E-state index in [2.05, 4.69) is 17.4 Å². The Morgan fingerprint density at radius 2 is 1.75 bits per heavy atom. The van der Waals surface area contributed by atoms with E-state index in [1.165, 1.54) is 7.11 Å². The number of dihydropyridines is 1. The summed E-state index contributed by atoms with van der Waals surface area (Å²) in [7, 11) is 4.50. The zero-order chi connectivity index (χ0) is 22.8. The van der Waals surface area contributed by atoms with Crippen LogP contribution in [-0.4, -0.2) is 33.1 Å². The van der Waals surface area contributed by atoms with Crippen molar-refractivity contribution in [3.63, 3.8) is 0 Å². The van der Waals surface area contributed by atoms with Gasteiger partial charge in [-0.25, -0.2) is 4.79 Å². The number of nitrogens with one attached hydrogen (secondary N) is 1. The van der Waals surface area contributed by atoms with E-state index in [0.717, 1.165) is 11.3 Å². The SMILES string of the molecule is COC(=O)C1=C(C)NC2=C(C(=O)C[C@H](c3ccccc3)C2)[C@H]1c1cc(OC)ccc1OC. The zero-order valence-electron chi connectivity index (χ0n) is 18.7. The summed E-state index contributed by atoms with van der Waals surface area (Å²) >= 11 is 0. The van der Waals surface area contributed by atoms with E-state index < -0.39 is 11.9 Å². The molecule has 1 aliphatic carbocycles. The lowest BCUT2D eigenvalue weighted by Crippen LogP contribution is -2.36. The second-order valence-corrected chi connectivity index (χ2v) is 8.03. The molecule has 0 amide bonds. The molecule has 6 nitrogen and oxygen atoms in total. The van der Waals surface area contributed by atoms with Crippen LogP contribution in [0.1, 0.15) is 42.7 Å². The van der Waals surface area contributed by atoms with Crippen LogP contribution in [0.3, 0.4) is 0 Å². The Balaban J connectivity index is 1.88. The van der Waals surface area contributed by atoms with Crippen molar-refractivity contribution in [2.45, 2.75) is 31.6 Å². The highest BCUT2D eigenvalue weighted by Gasteiger charge is 2.42. The fourth-order valence-corrected chi connectivity index (χ4v) is 4.76. The number of carbonyl (C=O) groups is 2. The smallest absolute Gasteiger partial charge is 0.336 e. The fourth-order valence-electron chi connectivity index (χ4n) is 4.76. The number of esters is 1. The highest BCUT2D eigenvalue weighted by atomic mass is 16.5. The summed E-state index contributed by atoms with van der Waals surface area (Å²) in [6, 6.07) is 15.5. The minimum Gasteiger partial charge on any atom is -0.497 e. The van der Waals surface area contributed by atoms with Gasteiger partial charge in [-0.3, -0.25) is 4.79 Å². The third-order valence-electron chi connectivity index (χ3n) is 6.25. The molecule has 2 aliphatic rings. The molecule has 0 saturated heterocycles. The fraction of sp³-hybridized carbons (Fsp3) is 0.308. The molecule has 0 unspecified atom stereocenters. The molecular weight excluding hydrogens is 406 g/mol. The van der Waals surface area contributed by atoms with Crippen molar-refractivity contribution in [3.05, 3.63) is 82.2 Å². The first kappa shape index (κ1) is 21.7.